The Balaban J connectivity index is 2.60. The molecule has 0 aliphatic carbocycles. The van der Waals surface area contributed by atoms with Gasteiger partial charge in [-0.25, -0.2) is 0 Å². The first-order valence-corrected chi connectivity index (χ1v) is 5.05. The number of hydrogen-bond acceptors (Lipinski definition) is 2. The zero-order valence-electron chi connectivity index (χ0n) is 9.27. The van der Waals surface area contributed by atoms with E-state index in [9.17, 15) is 18.0 Å². The maximum Gasteiger partial charge on any atom is 0.416 e. The van der Waals surface area contributed by atoms with Crippen LogP contribution in [0.15, 0.2) is 24.3 Å². The van der Waals surface area contributed by atoms with E-state index in [1.165, 1.54) is 12.1 Å². The summed E-state index contributed by atoms with van der Waals surface area (Å²) in [6.07, 6.45) is -4.08. The number of carbonyl (C=O) groups is 1. The van der Waals surface area contributed by atoms with Crippen LogP contribution >= 0.6 is 0 Å². The molecular weight excluding hydrogens is 233 g/mol. The van der Waals surface area contributed by atoms with Crippen molar-refractivity contribution in [2.45, 2.75) is 12.6 Å². The lowest BCUT2D eigenvalue weighted by Crippen LogP contribution is -2.18. The van der Waals surface area contributed by atoms with E-state index < -0.39 is 11.7 Å². The minimum absolute atomic E-state index is 0.237. The minimum Gasteiger partial charge on any atom is -0.326 e. The average Bonchev–Trinajstić information content (AvgIpc) is 2.26. The number of amides is 1. The van der Waals surface area contributed by atoms with Gasteiger partial charge in [-0.05, 0) is 31.3 Å². The molecule has 0 bridgehead atoms. The number of benzene rings is 1. The highest BCUT2D eigenvalue weighted by molar-refractivity contribution is 5.90. The summed E-state index contributed by atoms with van der Waals surface area (Å²) in [6.45, 7) is 0.520. The summed E-state index contributed by atoms with van der Waals surface area (Å²) >= 11 is 0. The summed E-state index contributed by atoms with van der Waals surface area (Å²) in [7, 11) is 1.71. The highest BCUT2D eigenvalue weighted by Gasteiger charge is 2.29. The van der Waals surface area contributed by atoms with Crippen molar-refractivity contribution in [2.75, 3.05) is 18.9 Å². The normalized spacial score (nSPS) is 11.3. The Labute approximate surface area is 97.0 Å². The Kier molecular flexibility index (Phi) is 4.51. The molecule has 0 spiro atoms. The third-order valence-electron chi connectivity index (χ3n) is 2.10. The molecule has 1 rings (SSSR count). The minimum atomic E-state index is -4.35. The van der Waals surface area contributed by atoms with Crippen LogP contribution in [0.3, 0.4) is 0 Å². The maximum absolute atomic E-state index is 12.3. The van der Waals surface area contributed by atoms with Crippen molar-refractivity contribution in [1.29, 1.82) is 0 Å². The van der Waals surface area contributed by atoms with Crippen molar-refractivity contribution in [2.24, 2.45) is 0 Å². The van der Waals surface area contributed by atoms with Gasteiger partial charge in [-0.15, -0.1) is 0 Å². The van der Waals surface area contributed by atoms with Crippen LogP contribution in [-0.4, -0.2) is 19.5 Å². The van der Waals surface area contributed by atoms with Crippen molar-refractivity contribution in [3.63, 3.8) is 0 Å². The van der Waals surface area contributed by atoms with Crippen LogP contribution in [-0.2, 0) is 11.0 Å². The quantitative estimate of drug-likeness (QED) is 0.855. The molecule has 3 nitrogen and oxygen atoms in total. The molecule has 0 saturated carbocycles. The Hall–Kier alpha value is -1.56. The molecule has 0 saturated heterocycles. The molecule has 0 radical (unpaired) electrons. The van der Waals surface area contributed by atoms with Crippen LogP contribution in [0.5, 0.6) is 0 Å². The van der Waals surface area contributed by atoms with Crippen molar-refractivity contribution < 1.29 is 18.0 Å². The SMILES string of the molecule is CNCCC(=O)Nc1ccc(C(F)(F)F)cc1. The number of carbonyl (C=O) groups excluding carboxylic acids is 1. The molecule has 0 unspecified atom stereocenters. The number of nitrogens with one attached hydrogen (secondary N) is 2. The van der Waals surface area contributed by atoms with E-state index in [4.69, 9.17) is 0 Å². The van der Waals surface area contributed by atoms with Gasteiger partial charge in [0.05, 0.1) is 5.56 Å². The van der Waals surface area contributed by atoms with E-state index in [2.05, 4.69) is 10.6 Å². The highest BCUT2D eigenvalue weighted by Crippen LogP contribution is 2.29. The van der Waals surface area contributed by atoms with Crippen molar-refractivity contribution in [3.8, 4) is 0 Å². The number of halogens is 3. The summed E-state index contributed by atoms with van der Waals surface area (Å²) in [5.74, 6) is -0.237. The van der Waals surface area contributed by atoms with Crippen molar-refractivity contribution >= 4 is 11.6 Å². The van der Waals surface area contributed by atoms with Gasteiger partial charge in [0.15, 0.2) is 0 Å². The van der Waals surface area contributed by atoms with Gasteiger partial charge < -0.3 is 10.6 Å². The zero-order chi connectivity index (χ0) is 12.9. The van der Waals surface area contributed by atoms with E-state index in [1.807, 2.05) is 0 Å². The second-order valence-corrected chi connectivity index (χ2v) is 3.48. The molecule has 0 atom stereocenters. The third-order valence-corrected chi connectivity index (χ3v) is 2.10. The van der Waals surface area contributed by atoms with Gasteiger partial charge in [0.2, 0.25) is 5.91 Å². The summed E-state index contributed by atoms with van der Waals surface area (Å²) in [6, 6.07) is 4.35. The lowest BCUT2D eigenvalue weighted by molar-refractivity contribution is -0.137. The third kappa shape index (κ3) is 4.44. The average molecular weight is 246 g/mol. The predicted octanol–water partition coefficient (Wildman–Crippen LogP) is 2.25. The Morgan fingerprint density at radius 2 is 1.82 bits per heavy atom. The van der Waals surface area contributed by atoms with Crippen LogP contribution < -0.4 is 10.6 Å². The summed E-state index contributed by atoms with van der Waals surface area (Å²) in [5.41, 5.74) is -0.371. The van der Waals surface area contributed by atoms with Gasteiger partial charge in [-0.1, -0.05) is 0 Å². The molecule has 0 fully saturated rings. The molecule has 1 aromatic rings. The molecule has 0 heterocycles. The second-order valence-electron chi connectivity index (χ2n) is 3.48. The van der Waals surface area contributed by atoms with Gasteiger partial charge in [0.1, 0.15) is 0 Å². The van der Waals surface area contributed by atoms with Crippen LogP contribution in [0.2, 0.25) is 0 Å². The van der Waals surface area contributed by atoms with Crippen LogP contribution in [0.1, 0.15) is 12.0 Å². The fraction of sp³-hybridized carbons (Fsp3) is 0.364. The second kappa shape index (κ2) is 5.67. The van der Waals surface area contributed by atoms with Gasteiger partial charge in [-0.3, -0.25) is 4.79 Å². The summed E-state index contributed by atoms with van der Waals surface area (Å²) in [4.78, 5) is 11.3. The van der Waals surface area contributed by atoms with E-state index in [0.29, 0.717) is 12.2 Å². The molecule has 2 N–H and O–H groups in total. The van der Waals surface area contributed by atoms with Gasteiger partial charge in [-0.2, -0.15) is 13.2 Å². The maximum atomic E-state index is 12.3. The van der Waals surface area contributed by atoms with E-state index >= 15 is 0 Å². The summed E-state index contributed by atoms with van der Waals surface area (Å²) < 4.78 is 36.8. The monoisotopic (exact) mass is 246 g/mol. The first-order chi connectivity index (χ1) is 7.93. The molecule has 1 amide bonds. The molecule has 0 aromatic heterocycles. The summed E-state index contributed by atoms with van der Waals surface area (Å²) in [5, 5.41) is 5.31. The first kappa shape index (κ1) is 13.5. The standard InChI is InChI=1S/C11H13F3N2O/c1-15-7-6-10(17)16-9-4-2-8(3-5-9)11(12,13)14/h2-5,15H,6-7H2,1H3,(H,16,17). The zero-order valence-corrected chi connectivity index (χ0v) is 9.27. The van der Waals surface area contributed by atoms with E-state index in [-0.39, 0.29) is 12.3 Å². The number of anilines is 1. The van der Waals surface area contributed by atoms with Crippen LogP contribution in [0.25, 0.3) is 0 Å². The Morgan fingerprint density at radius 1 is 1.24 bits per heavy atom. The fourth-order valence-corrected chi connectivity index (χ4v) is 1.20. The molecular formula is C11H13F3N2O. The lowest BCUT2D eigenvalue weighted by atomic mass is 10.2. The highest BCUT2D eigenvalue weighted by atomic mass is 19.4. The van der Waals surface area contributed by atoms with Crippen molar-refractivity contribution in [1.82, 2.24) is 5.32 Å². The molecule has 0 aliphatic heterocycles. The Bertz CT molecular complexity index is 373. The fourth-order valence-electron chi connectivity index (χ4n) is 1.20. The van der Waals surface area contributed by atoms with Gasteiger partial charge in [0.25, 0.3) is 0 Å². The molecule has 6 heteroatoms. The van der Waals surface area contributed by atoms with Crippen LogP contribution in [0.4, 0.5) is 18.9 Å². The van der Waals surface area contributed by atoms with Gasteiger partial charge >= 0.3 is 6.18 Å². The topological polar surface area (TPSA) is 41.1 Å². The number of hydrogen-bond donors (Lipinski definition) is 2. The predicted molar refractivity (Wildman–Crippen MR) is 58.6 cm³/mol. The first-order valence-electron chi connectivity index (χ1n) is 5.05. The molecule has 0 aliphatic rings. The largest absolute Gasteiger partial charge is 0.416 e. The molecule has 1 aromatic carbocycles. The number of alkyl halides is 3. The van der Waals surface area contributed by atoms with Gasteiger partial charge in [0, 0.05) is 18.7 Å². The lowest BCUT2D eigenvalue weighted by Gasteiger charge is -2.08. The van der Waals surface area contributed by atoms with E-state index in [0.717, 1.165) is 12.1 Å². The Morgan fingerprint density at radius 3 is 2.29 bits per heavy atom. The van der Waals surface area contributed by atoms with E-state index in [1.54, 1.807) is 7.05 Å². The van der Waals surface area contributed by atoms with Crippen molar-refractivity contribution in [3.05, 3.63) is 29.8 Å². The molecule has 94 valence electrons. The smallest absolute Gasteiger partial charge is 0.326 e. The van der Waals surface area contributed by atoms with Crippen LogP contribution in [0, 0.1) is 0 Å². The number of rotatable bonds is 4. The molecule has 17 heavy (non-hydrogen) atoms.